The van der Waals surface area contributed by atoms with E-state index in [1.807, 2.05) is 34.2 Å². The monoisotopic (exact) mass is 512 g/mol. The standard InChI is InChI=1S/C26H32N4O5S/c1-36(33,34)21-6-2-4-19(14-21)25(20-5-3-10-27-15-20)18-7-11-29(12-8-18)26(32)30-13-9-23-22(16-30)28-24(31)17-35-23/h2-6,10,14-15,18,22-23,25H,7-9,11-13,16-17H2,1H3,(H,28,31)/t22-,23+,25?/m1/s1. The van der Waals surface area contributed by atoms with E-state index in [-0.39, 0.29) is 42.5 Å². The van der Waals surface area contributed by atoms with Gasteiger partial charge in [-0.3, -0.25) is 9.78 Å². The van der Waals surface area contributed by atoms with Crippen molar-refractivity contribution in [3.63, 3.8) is 0 Å². The number of carbonyl (C=O) groups is 2. The van der Waals surface area contributed by atoms with Gasteiger partial charge in [-0.05, 0) is 54.5 Å². The van der Waals surface area contributed by atoms with Gasteiger partial charge in [-0.1, -0.05) is 18.2 Å². The maximum atomic E-state index is 13.3. The number of fused-ring (bicyclic) bond motifs is 1. The molecule has 5 rings (SSSR count). The zero-order valence-electron chi connectivity index (χ0n) is 20.4. The van der Waals surface area contributed by atoms with E-state index in [0.717, 1.165) is 24.0 Å². The van der Waals surface area contributed by atoms with Gasteiger partial charge in [0.05, 0.1) is 17.0 Å². The molecular weight excluding hydrogens is 480 g/mol. The number of nitrogens with zero attached hydrogens (tertiary/aromatic N) is 3. The highest BCUT2D eigenvalue weighted by molar-refractivity contribution is 7.90. The lowest BCUT2D eigenvalue weighted by Gasteiger charge is -2.44. The molecule has 2 aromatic rings. The van der Waals surface area contributed by atoms with Gasteiger partial charge in [0.2, 0.25) is 5.91 Å². The fourth-order valence-electron chi connectivity index (χ4n) is 5.73. The van der Waals surface area contributed by atoms with Crippen molar-refractivity contribution in [2.24, 2.45) is 5.92 Å². The molecule has 192 valence electrons. The average molecular weight is 513 g/mol. The van der Waals surface area contributed by atoms with Crippen LogP contribution in [0.5, 0.6) is 0 Å². The van der Waals surface area contributed by atoms with Crippen LogP contribution in [0, 0.1) is 5.92 Å². The molecule has 1 aromatic carbocycles. The van der Waals surface area contributed by atoms with E-state index >= 15 is 0 Å². The summed E-state index contributed by atoms with van der Waals surface area (Å²) >= 11 is 0. The first-order chi connectivity index (χ1) is 17.3. The summed E-state index contributed by atoms with van der Waals surface area (Å²) in [5, 5.41) is 2.95. The first kappa shape index (κ1) is 24.7. The number of ether oxygens (including phenoxy) is 1. The number of piperidine rings is 2. The summed E-state index contributed by atoms with van der Waals surface area (Å²) in [6.07, 6.45) is 7.09. The second kappa shape index (κ2) is 10.2. The van der Waals surface area contributed by atoms with E-state index in [9.17, 15) is 18.0 Å². The average Bonchev–Trinajstić information content (AvgIpc) is 2.89. The van der Waals surface area contributed by atoms with Crippen LogP contribution in [0.2, 0.25) is 0 Å². The van der Waals surface area contributed by atoms with Crippen LogP contribution >= 0.6 is 0 Å². The molecule has 1 unspecified atom stereocenters. The summed E-state index contributed by atoms with van der Waals surface area (Å²) in [6, 6.07) is 11.0. The summed E-state index contributed by atoms with van der Waals surface area (Å²) < 4.78 is 30.0. The largest absolute Gasteiger partial charge is 0.366 e. The van der Waals surface area contributed by atoms with Crippen LogP contribution in [0.25, 0.3) is 0 Å². The first-order valence-electron chi connectivity index (χ1n) is 12.4. The summed E-state index contributed by atoms with van der Waals surface area (Å²) in [4.78, 5) is 33.4. The molecular formula is C26H32N4O5S. The molecule has 4 heterocycles. The lowest BCUT2D eigenvalue weighted by Crippen LogP contribution is -2.62. The second-order valence-electron chi connectivity index (χ2n) is 9.97. The Morgan fingerprint density at radius 3 is 2.56 bits per heavy atom. The van der Waals surface area contributed by atoms with Crippen molar-refractivity contribution in [2.75, 3.05) is 39.0 Å². The smallest absolute Gasteiger partial charge is 0.320 e. The van der Waals surface area contributed by atoms with Crippen LogP contribution < -0.4 is 5.32 Å². The molecule has 1 N–H and O–H groups in total. The number of sulfone groups is 1. The highest BCUT2D eigenvalue weighted by Gasteiger charge is 2.38. The van der Waals surface area contributed by atoms with E-state index in [0.29, 0.717) is 37.5 Å². The topological polar surface area (TPSA) is 109 Å². The van der Waals surface area contributed by atoms with Gasteiger partial charge >= 0.3 is 6.03 Å². The van der Waals surface area contributed by atoms with Crippen LogP contribution in [-0.2, 0) is 19.4 Å². The predicted molar refractivity (Wildman–Crippen MR) is 133 cm³/mol. The van der Waals surface area contributed by atoms with Crippen LogP contribution in [0.4, 0.5) is 4.79 Å². The molecule has 0 spiro atoms. The summed E-state index contributed by atoms with van der Waals surface area (Å²) in [7, 11) is -3.33. The van der Waals surface area contributed by atoms with E-state index in [1.165, 1.54) is 6.26 Å². The number of pyridine rings is 1. The number of likely N-dealkylation sites (tertiary alicyclic amines) is 2. The van der Waals surface area contributed by atoms with E-state index in [1.54, 1.807) is 24.4 Å². The minimum atomic E-state index is -3.33. The molecule has 9 nitrogen and oxygen atoms in total. The van der Waals surface area contributed by atoms with Gasteiger partial charge in [0.25, 0.3) is 0 Å². The number of hydrogen-bond donors (Lipinski definition) is 1. The number of urea groups is 1. The van der Waals surface area contributed by atoms with Gasteiger partial charge in [0.15, 0.2) is 9.84 Å². The predicted octanol–water partition coefficient (Wildman–Crippen LogP) is 2.04. The van der Waals surface area contributed by atoms with E-state index < -0.39 is 9.84 Å². The molecule has 0 radical (unpaired) electrons. The van der Waals surface area contributed by atoms with Gasteiger partial charge in [0, 0.05) is 50.7 Å². The highest BCUT2D eigenvalue weighted by Crippen LogP contribution is 2.38. The van der Waals surface area contributed by atoms with E-state index in [2.05, 4.69) is 10.3 Å². The van der Waals surface area contributed by atoms with Gasteiger partial charge < -0.3 is 19.9 Å². The van der Waals surface area contributed by atoms with Crippen molar-refractivity contribution in [1.82, 2.24) is 20.1 Å². The number of nitrogens with one attached hydrogen (secondary N) is 1. The number of hydrogen-bond acceptors (Lipinski definition) is 6. The third-order valence-corrected chi connectivity index (χ3v) is 8.68. The Kier molecular flexibility index (Phi) is 6.98. The Balaban J connectivity index is 1.29. The number of amides is 3. The Morgan fingerprint density at radius 2 is 1.83 bits per heavy atom. The molecule has 3 aliphatic rings. The Hall–Kier alpha value is -2.98. The molecule has 3 amide bonds. The molecule has 3 fully saturated rings. The SMILES string of the molecule is CS(=O)(=O)c1cccc(C(c2cccnc2)C2CCN(C(=O)N3CC[C@@H]4OCC(=O)N[C@@H]4C3)CC2)c1. The summed E-state index contributed by atoms with van der Waals surface area (Å²) in [5.74, 6) is 0.0978. The minimum Gasteiger partial charge on any atom is -0.366 e. The van der Waals surface area contributed by atoms with Gasteiger partial charge in [0.1, 0.15) is 6.61 Å². The lowest BCUT2D eigenvalue weighted by atomic mass is 9.76. The van der Waals surface area contributed by atoms with Crippen molar-refractivity contribution in [2.45, 2.75) is 42.2 Å². The van der Waals surface area contributed by atoms with Crippen molar-refractivity contribution in [3.05, 3.63) is 59.9 Å². The van der Waals surface area contributed by atoms with Crippen LogP contribution in [-0.4, -0.2) is 86.3 Å². The van der Waals surface area contributed by atoms with Crippen molar-refractivity contribution in [1.29, 1.82) is 0 Å². The quantitative estimate of drug-likeness (QED) is 0.672. The number of benzene rings is 1. The number of morpholine rings is 1. The van der Waals surface area contributed by atoms with Gasteiger partial charge in [-0.15, -0.1) is 0 Å². The maximum Gasteiger partial charge on any atom is 0.320 e. The zero-order valence-corrected chi connectivity index (χ0v) is 21.2. The van der Waals surface area contributed by atoms with Crippen molar-refractivity contribution in [3.8, 4) is 0 Å². The first-order valence-corrected chi connectivity index (χ1v) is 14.3. The molecule has 0 saturated carbocycles. The Morgan fingerprint density at radius 1 is 1.08 bits per heavy atom. The fraction of sp³-hybridized carbons (Fsp3) is 0.500. The molecule has 0 bridgehead atoms. The van der Waals surface area contributed by atoms with Crippen molar-refractivity contribution < 1.29 is 22.7 Å². The molecule has 3 atom stereocenters. The Labute approximate surface area is 211 Å². The zero-order chi connectivity index (χ0) is 25.3. The fourth-order valence-corrected chi connectivity index (χ4v) is 6.41. The number of aromatic nitrogens is 1. The van der Waals surface area contributed by atoms with Gasteiger partial charge in [-0.2, -0.15) is 0 Å². The lowest BCUT2D eigenvalue weighted by molar-refractivity contribution is -0.139. The molecule has 36 heavy (non-hydrogen) atoms. The van der Waals surface area contributed by atoms with E-state index in [4.69, 9.17) is 4.74 Å². The number of carbonyl (C=O) groups excluding carboxylic acids is 2. The van der Waals surface area contributed by atoms with Gasteiger partial charge in [-0.25, -0.2) is 13.2 Å². The third kappa shape index (κ3) is 5.24. The second-order valence-corrected chi connectivity index (χ2v) is 12.0. The van der Waals surface area contributed by atoms with Crippen molar-refractivity contribution >= 4 is 21.8 Å². The third-order valence-electron chi connectivity index (χ3n) is 7.57. The van der Waals surface area contributed by atoms with Crippen LogP contribution in [0.1, 0.15) is 36.3 Å². The normalized spacial score (nSPS) is 24.1. The highest BCUT2D eigenvalue weighted by atomic mass is 32.2. The molecule has 10 heteroatoms. The number of rotatable bonds is 4. The molecule has 1 aromatic heterocycles. The summed E-state index contributed by atoms with van der Waals surface area (Å²) in [6.45, 7) is 2.42. The Bertz CT molecular complexity index is 1210. The van der Waals surface area contributed by atoms with Crippen LogP contribution in [0.3, 0.4) is 0 Å². The summed E-state index contributed by atoms with van der Waals surface area (Å²) in [5.41, 5.74) is 1.99. The molecule has 3 saturated heterocycles. The molecule has 3 aliphatic heterocycles. The minimum absolute atomic E-state index is 0.00345. The van der Waals surface area contributed by atoms with Crippen LogP contribution in [0.15, 0.2) is 53.7 Å². The maximum absolute atomic E-state index is 13.3. The molecule has 0 aliphatic carbocycles.